The lowest BCUT2D eigenvalue weighted by molar-refractivity contribution is 0.198. The highest BCUT2D eigenvalue weighted by Crippen LogP contribution is 2.35. The molecule has 23 heavy (non-hydrogen) atoms. The summed E-state index contributed by atoms with van der Waals surface area (Å²) in [4.78, 5) is 7.53. The highest BCUT2D eigenvalue weighted by Gasteiger charge is 2.27. The van der Waals surface area contributed by atoms with Gasteiger partial charge in [0, 0.05) is 26.2 Å². The second-order valence-electron chi connectivity index (χ2n) is 6.06. The van der Waals surface area contributed by atoms with E-state index in [1.807, 2.05) is 11.3 Å². The maximum absolute atomic E-state index is 4.96. The molecule has 1 aliphatic rings. The van der Waals surface area contributed by atoms with Crippen molar-refractivity contribution in [3.8, 4) is 0 Å². The zero-order valence-electron chi connectivity index (χ0n) is 13.3. The maximum Gasteiger partial charge on any atom is 0.116 e. The van der Waals surface area contributed by atoms with E-state index in [2.05, 4.69) is 65.7 Å². The van der Waals surface area contributed by atoms with Gasteiger partial charge >= 0.3 is 0 Å². The van der Waals surface area contributed by atoms with Gasteiger partial charge < -0.3 is 5.32 Å². The molecule has 2 heterocycles. The van der Waals surface area contributed by atoms with Crippen LogP contribution in [0.1, 0.15) is 22.2 Å². The van der Waals surface area contributed by atoms with E-state index in [-0.39, 0.29) is 6.04 Å². The number of hydrogen-bond donors (Lipinski definition) is 1. The molecule has 4 heteroatoms. The summed E-state index contributed by atoms with van der Waals surface area (Å²) < 4.78 is 1.27. The number of hydrogen-bond acceptors (Lipinski definition) is 4. The topological polar surface area (TPSA) is 28.2 Å². The molecule has 3 nitrogen and oxygen atoms in total. The predicted molar refractivity (Wildman–Crippen MR) is 97.1 cm³/mol. The molecule has 1 saturated heterocycles. The molecule has 1 unspecified atom stereocenters. The molecule has 1 aliphatic heterocycles. The van der Waals surface area contributed by atoms with Gasteiger partial charge in [0.25, 0.3) is 0 Å². The number of aromatic nitrogens is 1. The molecule has 118 valence electrons. The number of fused-ring (bicyclic) bond motifs is 1. The van der Waals surface area contributed by atoms with Gasteiger partial charge in [-0.15, -0.1) is 11.3 Å². The van der Waals surface area contributed by atoms with Crippen LogP contribution >= 0.6 is 11.3 Å². The molecule has 0 radical (unpaired) electrons. The Morgan fingerprint density at radius 3 is 2.57 bits per heavy atom. The second kappa shape index (κ2) is 6.40. The Labute approximate surface area is 141 Å². The zero-order valence-corrected chi connectivity index (χ0v) is 14.1. The van der Waals surface area contributed by atoms with Crippen LogP contribution in [0.15, 0.2) is 48.5 Å². The lowest BCUT2D eigenvalue weighted by atomic mass is 10.00. The first kappa shape index (κ1) is 14.8. The number of aryl methyl sites for hydroxylation is 1. The largest absolute Gasteiger partial charge is 0.314 e. The zero-order chi connectivity index (χ0) is 15.6. The first-order valence-electron chi connectivity index (χ1n) is 8.19. The molecule has 0 amide bonds. The lowest BCUT2D eigenvalue weighted by Crippen LogP contribution is -2.45. The summed E-state index contributed by atoms with van der Waals surface area (Å²) in [7, 11) is 0. The maximum atomic E-state index is 4.96. The standard InChI is InChI=1S/C19H21N3S/c1-14-6-2-3-7-15(14)18(22-12-10-20-11-13-22)19-21-16-8-4-5-9-17(16)23-19/h2-9,18,20H,10-13H2,1H3. The van der Waals surface area contributed by atoms with Crippen LogP contribution < -0.4 is 5.32 Å². The highest BCUT2D eigenvalue weighted by atomic mass is 32.1. The molecule has 0 saturated carbocycles. The van der Waals surface area contributed by atoms with Gasteiger partial charge in [-0.3, -0.25) is 4.90 Å². The van der Waals surface area contributed by atoms with Crippen LogP contribution in [0.5, 0.6) is 0 Å². The third kappa shape index (κ3) is 2.90. The van der Waals surface area contributed by atoms with E-state index in [0.29, 0.717) is 0 Å². The van der Waals surface area contributed by atoms with Crippen molar-refractivity contribution >= 4 is 21.6 Å². The number of benzene rings is 2. The van der Waals surface area contributed by atoms with E-state index < -0.39 is 0 Å². The first-order valence-corrected chi connectivity index (χ1v) is 9.00. The Balaban J connectivity index is 1.82. The van der Waals surface area contributed by atoms with E-state index >= 15 is 0 Å². The molecular weight excluding hydrogens is 302 g/mol. The predicted octanol–water partition coefficient (Wildman–Crippen LogP) is 3.60. The van der Waals surface area contributed by atoms with E-state index in [1.54, 1.807) is 0 Å². The first-order chi connectivity index (χ1) is 11.3. The number of nitrogens with one attached hydrogen (secondary N) is 1. The molecule has 1 N–H and O–H groups in total. The van der Waals surface area contributed by atoms with E-state index in [0.717, 1.165) is 31.7 Å². The third-order valence-electron chi connectivity index (χ3n) is 4.54. The fourth-order valence-corrected chi connectivity index (χ4v) is 4.45. The molecular formula is C19H21N3S. The number of para-hydroxylation sites is 1. The summed E-state index contributed by atoms with van der Waals surface area (Å²) >= 11 is 1.83. The summed E-state index contributed by atoms with van der Waals surface area (Å²) in [6.07, 6.45) is 0. The number of thiazole rings is 1. The lowest BCUT2D eigenvalue weighted by Gasteiger charge is -2.34. The van der Waals surface area contributed by atoms with E-state index in [4.69, 9.17) is 4.98 Å². The molecule has 4 rings (SSSR count). The summed E-state index contributed by atoms with van der Waals surface area (Å²) in [6, 6.07) is 17.4. The van der Waals surface area contributed by atoms with Gasteiger partial charge in [-0.1, -0.05) is 36.4 Å². The average Bonchev–Trinajstić information content (AvgIpc) is 3.01. The monoisotopic (exact) mass is 323 g/mol. The van der Waals surface area contributed by atoms with Gasteiger partial charge in [-0.25, -0.2) is 4.98 Å². The van der Waals surface area contributed by atoms with E-state index in [1.165, 1.54) is 20.8 Å². The van der Waals surface area contributed by atoms with Crippen molar-refractivity contribution in [2.24, 2.45) is 0 Å². The quantitative estimate of drug-likeness (QED) is 0.798. The second-order valence-corrected chi connectivity index (χ2v) is 7.13. The smallest absolute Gasteiger partial charge is 0.116 e. The Hall–Kier alpha value is -1.75. The summed E-state index contributed by atoms with van der Waals surface area (Å²) in [5.41, 5.74) is 3.84. The van der Waals surface area contributed by atoms with Crippen LogP contribution in [0.25, 0.3) is 10.2 Å². The van der Waals surface area contributed by atoms with Crippen LogP contribution in [0, 0.1) is 6.92 Å². The normalized spacial score (nSPS) is 17.4. The van der Waals surface area contributed by atoms with Crippen molar-refractivity contribution in [2.75, 3.05) is 26.2 Å². The third-order valence-corrected chi connectivity index (χ3v) is 5.63. The van der Waals surface area contributed by atoms with Crippen LogP contribution in [0.2, 0.25) is 0 Å². The highest BCUT2D eigenvalue weighted by molar-refractivity contribution is 7.18. The Bertz CT molecular complexity index is 772. The van der Waals surface area contributed by atoms with Gasteiger partial charge in [0.2, 0.25) is 0 Å². The van der Waals surface area contributed by atoms with Crippen LogP contribution in [-0.2, 0) is 0 Å². The minimum Gasteiger partial charge on any atom is -0.314 e. The molecule has 1 fully saturated rings. The van der Waals surface area contributed by atoms with Crippen LogP contribution in [0.3, 0.4) is 0 Å². The molecule has 2 aromatic carbocycles. The van der Waals surface area contributed by atoms with Gasteiger partial charge in [0.15, 0.2) is 0 Å². The SMILES string of the molecule is Cc1ccccc1C(c1nc2ccccc2s1)N1CCNCC1. The van der Waals surface area contributed by atoms with Crippen molar-refractivity contribution in [3.63, 3.8) is 0 Å². The van der Waals surface area contributed by atoms with Crippen molar-refractivity contribution in [1.29, 1.82) is 0 Å². The minimum atomic E-state index is 0.260. The number of nitrogens with zero attached hydrogens (tertiary/aromatic N) is 2. The van der Waals surface area contributed by atoms with Gasteiger partial charge in [0.05, 0.1) is 16.3 Å². The molecule has 0 spiro atoms. The Kier molecular flexibility index (Phi) is 4.12. The van der Waals surface area contributed by atoms with Crippen molar-refractivity contribution < 1.29 is 0 Å². The van der Waals surface area contributed by atoms with Crippen LogP contribution in [-0.4, -0.2) is 36.1 Å². The fourth-order valence-electron chi connectivity index (χ4n) is 3.33. The fraction of sp³-hybridized carbons (Fsp3) is 0.316. The van der Waals surface area contributed by atoms with Gasteiger partial charge in [0.1, 0.15) is 5.01 Å². The summed E-state index contributed by atoms with van der Waals surface area (Å²) in [6.45, 7) is 6.43. The van der Waals surface area contributed by atoms with Crippen molar-refractivity contribution in [2.45, 2.75) is 13.0 Å². The Morgan fingerprint density at radius 1 is 1.04 bits per heavy atom. The molecule has 0 bridgehead atoms. The van der Waals surface area contributed by atoms with Crippen molar-refractivity contribution in [3.05, 3.63) is 64.7 Å². The molecule has 1 aromatic heterocycles. The summed E-state index contributed by atoms with van der Waals surface area (Å²) in [5, 5.41) is 4.67. The van der Waals surface area contributed by atoms with Crippen molar-refractivity contribution in [1.82, 2.24) is 15.2 Å². The summed E-state index contributed by atoms with van der Waals surface area (Å²) in [5.74, 6) is 0. The van der Waals surface area contributed by atoms with Gasteiger partial charge in [-0.2, -0.15) is 0 Å². The van der Waals surface area contributed by atoms with Crippen LogP contribution in [0.4, 0.5) is 0 Å². The molecule has 1 atom stereocenters. The molecule has 3 aromatic rings. The van der Waals surface area contributed by atoms with E-state index in [9.17, 15) is 0 Å². The minimum absolute atomic E-state index is 0.260. The molecule has 0 aliphatic carbocycles. The van der Waals surface area contributed by atoms with Gasteiger partial charge in [-0.05, 0) is 30.2 Å². The Morgan fingerprint density at radius 2 is 1.78 bits per heavy atom. The number of rotatable bonds is 3. The average molecular weight is 323 g/mol. The number of piperazine rings is 1.